The number of thiocarbonyl (C=S) groups is 1. The molecule has 19 heavy (non-hydrogen) atoms. The molecule has 1 aromatic heterocycles. The van der Waals surface area contributed by atoms with E-state index < -0.39 is 0 Å². The van der Waals surface area contributed by atoms with Crippen molar-refractivity contribution in [3.63, 3.8) is 0 Å². The molecule has 0 spiro atoms. The van der Waals surface area contributed by atoms with Crippen LogP contribution < -0.4 is 5.73 Å². The Morgan fingerprint density at radius 2 is 2.37 bits per heavy atom. The second kappa shape index (κ2) is 7.10. The highest BCUT2D eigenvalue weighted by Crippen LogP contribution is 2.13. The number of anilines is 1. The third-order valence-corrected chi connectivity index (χ3v) is 3.37. The van der Waals surface area contributed by atoms with Crippen LogP contribution in [0, 0.1) is 6.92 Å². The van der Waals surface area contributed by atoms with Crippen molar-refractivity contribution in [3.05, 3.63) is 17.6 Å². The fourth-order valence-electron chi connectivity index (χ4n) is 1.60. The molecule has 1 amide bonds. The van der Waals surface area contributed by atoms with Crippen LogP contribution in [-0.2, 0) is 11.3 Å². The van der Waals surface area contributed by atoms with Gasteiger partial charge in [0.05, 0.1) is 12.6 Å². The van der Waals surface area contributed by atoms with Gasteiger partial charge in [0.15, 0.2) is 0 Å². The van der Waals surface area contributed by atoms with Gasteiger partial charge < -0.3 is 15.7 Å². The molecule has 6 nitrogen and oxygen atoms in total. The summed E-state index contributed by atoms with van der Waals surface area (Å²) >= 11 is 5.17. The number of aliphatic hydroxyl groups is 1. The number of nitrogens with two attached hydrogens (primary N) is 1. The molecule has 1 heterocycles. The largest absolute Gasteiger partial charge is 0.396 e. The summed E-state index contributed by atoms with van der Waals surface area (Å²) < 4.78 is 0. The number of nitrogens with zero attached hydrogens (tertiary/aromatic N) is 3. The molecule has 0 bridgehead atoms. The molecule has 0 fully saturated rings. The van der Waals surface area contributed by atoms with Gasteiger partial charge in [0, 0.05) is 29.7 Å². The molecular weight excluding hydrogens is 264 g/mol. The fourth-order valence-corrected chi connectivity index (χ4v) is 1.83. The topological polar surface area (TPSA) is 92.3 Å². The highest BCUT2D eigenvalue weighted by atomic mass is 32.1. The van der Waals surface area contributed by atoms with Gasteiger partial charge in [-0.3, -0.25) is 4.79 Å². The monoisotopic (exact) mass is 282 g/mol. The normalized spacial score (nSPS) is 11.9. The first kappa shape index (κ1) is 15.5. The number of aromatic nitrogens is 2. The molecule has 0 aromatic carbocycles. The van der Waals surface area contributed by atoms with Gasteiger partial charge >= 0.3 is 0 Å². The Labute approximate surface area is 117 Å². The molecule has 1 aromatic rings. The number of carbonyl (C=O) groups is 1. The predicted molar refractivity (Wildman–Crippen MR) is 76.6 cm³/mol. The minimum atomic E-state index is -0.250. The second-order valence-corrected chi connectivity index (χ2v) is 4.75. The molecular formula is C12H18N4O2S. The van der Waals surface area contributed by atoms with Gasteiger partial charge in [-0.1, -0.05) is 12.2 Å². The van der Waals surface area contributed by atoms with Crippen LogP contribution in [0.1, 0.15) is 24.7 Å². The first-order valence-corrected chi connectivity index (χ1v) is 6.33. The first-order chi connectivity index (χ1) is 8.99. The van der Waals surface area contributed by atoms with Crippen LogP contribution in [-0.4, -0.2) is 43.9 Å². The van der Waals surface area contributed by atoms with Crippen LogP contribution in [0.15, 0.2) is 6.20 Å². The Morgan fingerprint density at radius 3 is 2.89 bits per heavy atom. The number of aryl methyl sites for hydroxylation is 1. The van der Waals surface area contributed by atoms with Gasteiger partial charge in [0.25, 0.3) is 0 Å². The highest BCUT2D eigenvalue weighted by molar-refractivity contribution is 7.80. The van der Waals surface area contributed by atoms with Gasteiger partial charge in [-0.05, 0) is 13.8 Å². The number of hydrogen-bond acceptors (Lipinski definition) is 6. The fraction of sp³-hybridized carbons (Fsp3) is 0.500. The van der Waals surface area contributed by atoms with Crippen LogP contribution in [0.5, 0.6) is 0 Å². The standard InChI is InChI=1S/C12H18N4O2S/c1-8(11(19)3-4-17)16(7-18)6-10-5-14-9(2)15-12(10)13/h5,7-8,17H,3-4,6H2,1-2H3,(H2,13,14,15)/t8-/m1/s1. The van der Waals surface area contributed by atoms with Crippen LogP contribution in [0.2, 0.25) is 0 Å². The molecule has 0 saturated carbocycles. The van der Waals surface area contributed by atoms with Crippen molar-refractivity contribution < 1.29 is 9.90 Å². The van der Waals surface area contributed by atoms with Crippen molar-refractivity contribution in [2.24, 2.45) is 0 Å². The summed E-state index contributed by atoms with van der Waals surface area (Å²) in [5.41, 5.74) is 6.47. The number of rotatable bonds is 7. The van der Waals surface area contributed by atoms with Crippen molar-refractivity contribution in [2.45, 2.75) is 32.9 Å². The third kappa shape index (κ3) is 4.22. The van der Waals surface area contributed by atoms with E-state index in [4.69, 9.17) is 23.1 Å². The average Bonchev–Trinajstić information content (AvgIpc) is 2.37. The minimum Gasteiger partial charge on any atom is -0.396 e. The number of nitrogen functional groups attached to an aromatic ring is 1. The zero-order chi connectivity index (χ0) is 14.4. The van der Waals surface area contributed by atoms with E-state index in [0.717, 1.165) is 0 Å². The van der Waals surface area contributed by atoms with Crippen molar-refractivity contribution in [1.29, 1.82) is 0 Å². The minimum absolute atomic E-state index is 0.0222. The molecule has 0 saturated heterocycles. The summed E-state index contributed by atoms with van der Waals surface area (Å²) in [5.74, 6) is 0.947. The van der Waals surface area contributed by atoms with Gasteiger partial charge in [-0.15, -0.1) is 0 Å². The van der Waals surface area contributed by atoms with Crippen molar-refractivity contribution >= 4 is 29.3 Å². The van der Waals surface area contributed by atoms with Crippen LogP contribution in [0.3, 0.4) is 0 Å². The predicted octanol–water partition coefficient (Wildman–Crippen LogP) is 0.466. The zero-order valence-electron chi connectivity index (χ0n) is 11.0. The van der Waals surface area contributed by atoms with E-state index in [0.29, 0.717) is 41.4 Å². The Kier molecular flexibility index (Phi) is 5.78. The van der Waals surface area contributed by atoms with E-state index in [1.54, 1.807) is 13.1 Å². The maximum atomic E-state index is 11.2. The lowest BCUT2D eigenvalue weighted by molar-refractivity contribution is -0.119. The van der Waals surface area contributed by atoms with Crippen molar-refractivity contribution in [2.75, 3.05) is 12.3 Å². The first-order valence-electron chi connectivity index (χ1n) is 5.92. The van der Waals surface area contributed by atoms with E-state index >= 15 is 0 Å². The van der Waals surface area contributed by atoms with Crippen molar-refractivity contribution in [1.82, 2.24) is 14.9 Å². The SMILES string of the molecule is Cc1ncc(CN(C=O)[C@H](C)C(=S)CCO)c(N)n1. The average molecular weight is 282 g/mol. The third-order valence-electron chi connectivity index (χ3n) is 2.83. The number of hydrogen-bond donors (Lipinski definition) is 2. The van der Waals surface area contributed by atoms with E-state index in [1.165, 1.54) is 4.90 Å². The summed E-state index contributed by atoms with van der Waals surface area (Å²) in [6, 6.07) is -0.250. The maximum Gasteiger partial charge on any atom is 0.210 e. The van der Waals surface area contributed by atoms with E-state index in [1.807, 2.05) is 6.92 Å². The van der Waals surface area contributed by atoms with E-state index in [-0.39, 0.29) is 12.6 Å². The number of carbonyl (C=O) groups excluding carboxylic acids is 1. The van der Waals surface area contributed by atoms with Crippen molar-refractivity contribution in [3.8, 4) is 0 Å². The number of amides is 1. The molecule has 1 rings (SSSR count). The Hall–Kier alpha value is -1.60. The quantitative estimate of drug-likeness (QED) is 0.558. The molecule has 0 aliphatic carbocycles. The lowest BCUT2D eigenvalue weighted by atomic mass is 10.1. The zero-order valence-corrected chi connectivity index (χ0v) is 11.9. The summed E-state index contributed by atoms with van der Waals surface area (Å²) in [5, 5.41) is 8.87. The van der Waals surface area contributed by atoms with Crippen LogP contribution in [0.4, 0.5) is 5.82 Å². The number of aliphatic hydroxyl groups excluding tert-OH is 1. The van der Waals surface area contributed by atoms with Gasteiger partial charge in [-0.2, -0.15) is 0 Å². The molecule has 0 radical (unpaired) electrons. The summed E-state index contributed by atoms with van der Waals surface area (Å²) in [7, 11) is 0. The van der Waals surface area contributed by atoms with Crippen LogP contribution in [0.25, 0.3) is 0 Å². The van der Waals surface area contributed by atoms with E-state index in [2.05, 4.69) is 9.97 Å². The lowest BCUT2D eigenvalue weighted by Gasteiger charge is -2.26. The lowest BCUT2D eigenvalue weighted by Crippen LogP contribution is -2.37. The summed E-state index contributed by atoms with van der Waals surface area (Å²) in [4.78, 5) is 21.4. The molecule has 3 N–H and O–H groups in total. The Bertz CT molecular complexity index is 467. The summed E-state index contributed by atoms with van der Waals surface area (Å²) in [6.45, 7) is 3.84. The smallest absolute Gasteiger partial charge is 0.210 e. The Morgan fingerprint density at radius 1 is 1.68 bits per heavy atom. The molecule has 104 valence electrons. The molecule has 7 heteroatoms. The van der Waals surface area contributed by atoms with Gasteiger partial charge in [0.2, 0.25) is 6.41 Å². The molecule has 0 aliphatic heterocycles. The van der Waals surface area contributed by atoms with Crippen LogP contribution >= 0.6 is 12.2 Å². The van der Waals surface area contributed by atoms with Gasteiger partial charge in [0.1, 0.15) is 11.6 Å². The Balaban J connectivity index is 2.81. The summed E-state index contributed by atoms with van der Waals surface area (Å²) in [6.07, 6.45) is 2.71. The highest BCUT2D eigenvalue weighted by Gasteiger charge is 2.17. The van der Waals surface area contributed by atoms with E-state index in [9.17, 15) is 4.79 Å². The maximum absolute atomic E-state index is 11.2. The molecule has 0 aliphatic rings. The van der Waals surface area contributed by atoms with Gasteiger partial charge in [-0.25, -0.2) is 9.97 Å². The molecule has 0 unspecified atom stereocenters. The molecule has 1 atom stereocenters. The second-order valence-electron chi connectivity index (χ2n) is 4.22.